The van der Waals surface area contributed by atoms with E-state index in [2.05, 4.69) is 449 Å². The fourth-order valence-electron chi connectivity index (χ4n) is 17.2. The molecule has 0 bridgehead atoms. The van der Waals surface area contributed by atoms with E-state index in [0.29, 0.717) is 0 Å². The molecule has 0 unspecified atom stereocenters. The van der Waals surface area contributed by atoms with Crippen molar-refractivity contribution in [1.82, 2.24) is 19.9 Å². The number of hydrogen-bond donors (Lipinski definition) is 0. The number of para-hydroxylation sites is 3. The Morgan fingerprint density at radius 3 is 0.669 bits per heavy atom. The first-order chi connectivity index (χ1) is 58.5. The molecule has 4 nitrogen and oxygen atoms in total. The van der Waals surface area contributed by atoms with E-state index >= 15 is 0 Å². The highest BCUT2D eigenvalue weighted by molar-refractivity contribution is 6.18. The van der Waals surface area contributed by atoms with Crippen LogP contribution in [0, 0.1) is 0 Å². The zero-order chi connectivity index (χ0) is 78.2. The Balaban J connectivity index is 0.000000147. The van der Waals surface area contributed by atoms with Crippen LogP contribution in [0.4, 0.5) is 0 Å². The highest BCUT2D eigenvalue weighted by atomic mass is 14.7. The highest BCUT2D eigenvalue weighted by Crippen LogP contribution is 2.46. The molecule has 18 aromatic carbocycles. The van der Waals surface area contributed by atoms with Gasteiger partial charge in [0.2, 0.25) is 0 Å². The number of hydrogen-bond acceptors (Lipinski definition) is 4. The first-order valence-electron chi connectivity index (χ1n) is 40.3. The van der Waals surface area contributed by atoms with Gasteiger partial charge in [0.15, 0.2) is 0 Å². The predicted octanol–water partition coefficient (Wildman–Crippen LogP) is 30.7. The molecule has 118 heavy (non-hydrogen) atoms. The largest absolute Gasteiger partial charge is 0.248 e. The van der Waals surface area contributed by atoms with E-state index in [1.807, 2.05) is 0 Å². The third-order valence-corrected chi connectivity index (χ3v) is 23.2. The molecule has 4 aromatic heterocycles. The molecule has 0 fully saturated rings. The standard InChI is InChI=1S/C58H38N2.C56H36N2/c1-4-14-39(15-5-1)41-24-28-45(29-25-41)53-38-57(47-32-26-42(27-33-47)40-16-6-2-7-17-40)60-58-50-22-11-10-20-48(50)51(36-54(53)58)44-30-34-46(35-31-44)56-37-52(43-18-8-3-9-19-43)49-21-12-13-23-55(49)59-56;1-3-13-37(14-4-1)39-23-27-42(28-24-39)50-36-54(43-31-25-40(26-32-43)38-15-5-2-6-16-38)58-56-46-18-8-7-17-45(46)49(35-51(50)56)41-29-33-44(34-30-41)55-47-19-9-11-21-52(47)57-53-22-12-10-20-48(53)55/h1-38H;1-36H. The van der Waals surface area contributed by atoms with Crippen LogP contribution in [-0.4, -0.2) is 19.9 Å². The molecule has 4 heterocycles. The van der Waals surface area contributed by atoms with Gasteiger partial charge >= 0.3 is 0 Å². The summed E-state index contributed by atoms with van der Waals surface area (Å²) in [7, 11) is 0. The number of rotatable bonds is 13. The molecule has 550 valence electrons. The summed E-state index contributed by atoms with van der Waals surface area (Å²) in [5.41, 5.74) is 34.7. The second-order valence-corrected chi connectivity index (χ2v) is 30.2. The van der Waals surface area contributed by atoms with Crippen molar-refractivity contribution in [3.8, 4) is 145 Å². The van der Waals surface area contributed by atoms with Crippen LogP contribution in [0.25, 0.3) is 221 Å². The van der Waals surface area contributed by atoms with Crippen LogP contribution in [0.15, 0.2) is 449 Å². The summed E-state index contributed by atoms with van der Waals surface area (Å²) >= 11 is 0. The minimum absolute atomic E-state index is 0.948. The predicted molar refractivity (Wildman–Crippen MR) is 497 cm³/mol. The number of benzene rings is 18. The zero-order valence-electron chi connectivity index (χ0n) is 64.5. The fraction of sp³-hybridized carbons (Fsp3) is 0. The van der Waals surface area contributed by atoms with Gasteiger partial charge in [-0.05, 0) is 165 Å². The van der Waals surface area contributed by atoms with Crippen molar-refractivity contribution in [1.29, 1.82) is 0 Å². The molecule has 0 aliphatic carbocycles. The molecule has 0 spiro atoms. The van der Waals surface area contributed by atoms with E-state index in [-0.39, 0.29) is 0 Å². The van der Waals surface area contributed by atoms with Crippen LogP contribution in [0.2, 0.25) is 0 Å². The topological polar surface area (TPSA) is 51.6 Å². The number of fused-ring (bicyclic) bond motifs is 9. The number of nitrogens with zero attached hydrogens (tertiary/aromatic N) is 4. The second kappa shape index (κ2) is 30.7. The first-order valence-corrected chi connectivity index (χ1v) is 40.3. The van der Waals surface area contributed by atoms with Crippen molar-refractivity contribution in [2.45, 2.75) is 0 Å². The van der Waals surface area contributed by atoms with Crippen LogP contribution >= 0.6 is 0 Å². The zero-order valence-corrected chi connectivity index (χ0v) is 64.5. The summed E-state index contributed by atoms with van der Waals surface area (Å²) in [5, 5.41) is 10.3. The van der Waals surface area contributed by atoms with Crippen molar-refractivity contribution in [3.63, 3.8) is 0 Å². The van der Waals surface area contributed by atoms with E-state index in [4.69, 9.17) is 19.9 Å². The molecular formula is C114H74N4. The van der Waals surface area contributed by atoms with Crippen molar-refractivity contribution in [2.24, 2.45) is 0 Å². The lowest BCUT2D eigenvalue weighted by atomic mass is 9.89. The maximum Gasteiger partial charge on any atom is 0.0794 e. The Morgan fingerprint density at radius 2 is 0.331 bits per heavy atom. The highest BCUT2D eigenvalue weighted by Gasteiger charge is 2.22. The van der Waals surface area contributed by atoms with Crippen LogP contribution in [0.3, 0.4) is 0 Å². The molecule has 0 aliphatic rings. The minimum Gasteiger partial charge on any atom is -0.248 e. The summed E-state index contributed by atoms with van der Waals surface area (Å²) in [5.74, 6) is 0. The minimum atomic E-state index is 0.948. The third kappa shape index (κ3) is 13.5. The van der Waals surface area contributed by atoms with E-state index < -0.39 is 0 Å². The third-order valence-electron chi connectivity index (χ3n) is 23.2. The van der Waals surface area contributed by atoms with Gasteiger partial charge in [-0.25, -0.2) is 19.9 Å². The number of aromatic nitrogens is 4. The summed E-state index contributed by atoms with van der Waals surface area (Å²) in [6.07, 6.45) is 0. The molecule has 0 saturated carbocycles. The molecule has 0 aliphatic heterocycles. The molecular weight excluding hydrogens is 1430 g/mol. The second-order valence-electron chi connectivity index (χ2n) is 30.2. The summed E-state index contributed by atoms with van der Waals surface area (Å²) in [6, 6.07) is 161. The van der Waals surface area contributed by atoms with Crippen molar-refractivity contribution in [2.75, 3.05) is 0 Å². The van der Waals surface area contributed by atoms with Gasteiger partial charge in [0.25, 0.3) is 0 Å². The number of pyridine rings is 4. The average Bonchev–Trinajstić information content (AvgIpc) is 0.747. The van der Waals surface area contributed by atoms with Gasteiger partial charge in [0.05, 0.1) is 44.7 Å². The Bertz CT molecular complexity index is 7430. The summed E-state index contributed by atoms with van der Waals surface area (Å²) in [4.78, 5) is 21.1. The molecule has 0 atom stereocenters. The smallest absolute Gasteiger partial charge is 0.0794 e. The van der Waals surface area contributed by atoms with Crippen LogP contribution in [-0.2, 0) is 0 Å². The molecule has 0 amide bonds. The van der Waals surface area contributed by atoms with Gasteiger partial charge < -0.3 is 0 Å². The van der Waals surface area contributed by atoms with Gasteiger partial charge in [-0.3, -0.25) is 0 Å². The average molecular weight is 1500 g/mol. The molecule has 0 radical (unpaired) electrons. The van der Waals surface area contributed by atoms with Gasteiger partial charge in [0, 0.05) is 60.0 Å². The van der Waals surface area contributed by atoms with E-state index in [0.717, 1.165) is 132 Å². The summed E-state index contributed by atoms with van der Waals surface area (Å²) in [6.45, 7) is 0. The lowest BCUT2D eigenvalue weighted by Gasteiger charge is -2.17. The molecule has 0 N–H and O–H groups in total. The Hall–Kier alpha value is -15.6. The van der Waals surface area contributed by atoms with E-state index in [9.17, 15) is 0 Å². The Kier molecular flexibility index (Phi) is 18.3. The summed E-state index contributed by atoms with van der Waals surface area (Å²) < 4.78 is 0. The molecule has 0 saturated heterocycles. The maximum atomic E-state index is 5.47. The van der Waals surface area contributed by atoms with E-state index in [1.165, 1.54) is 88.7 Å². The first kappa shape index (κ1) is 70.3. The molecule has 4 heteroatoms. The monoisotopic (exact) mass is 1500 g/mol. The Labute approximate surface area is 685 Å². The van der Waals surface area contributed by atoms with E-state index in [1.54, 1.807) is 0 Å². The van der Waals surface area contributed by atoms with Crippen molar-refractivity contribution in [3.05, 3.63) is 449 Å². The van der Waals surface area contributed by atoms with Crippen molar-refractivity contribution >= 4 is 76.1 Å². The van der Waals surface area contributed by atoms with Crippen molar-refractivity contribution < 1.29 is 0 Å². The molecule has 22 rings (SSSR count). The quantitative estimate of drug-likeness (QED) is 0.0853. The molecule has 22 aromatic rings. The lowest BCUT2D eigenvalue weighted by molar-refractivity contribution is 1.40. The maximum absolute atomic E-state index is 5.47. The normalized spacial score (nSPS) is 11.4. The fourth-order valence-corrected chi connectivity index (χ4v) is 17.2. The Morgan fingerprint density at radius 1 is 0.119 bits per heavy atom. The van der Waals surface area contributed by atoms with Crippen LogP contribution in [0.5, 0.6) is 0 Å². The van der Waals surface area contributed by atoms with Gasteiger partial charge in [0.1, 0.15) is 0 Å². The van der Waals surface area contributed by atoms with Gasteiger partial charge in [-0.2, -0.15) is 0 Å². The SMILES string of the molecule is c1ccc(-c2ccc(-c3cc(-c4ccc(-c5ccccc5)cc4)c4cc(-c5ccc(-c6c7ccccc7nc7ccccc67)cc5)c5ccccc5c4n3)cc2)cc1.c1ccc(-c2ccc(-c3cc(-c4ccc(-c5ccccc5)cc4)c4cc(-c5ccc(-c6cc(-c7ccccc7)c7ccccc7n6)cc5)c5ccccc5c4n3)cc2)cc1. The van der Waals surface area contributed by atoms with Gasteiger partial charge in [-0.15, -0.1) is 0 Å². The van der Waals surface area contributed by atoms with Crippen LogP contribution < -0.4 is 0 Å². The van der Waals surface area contributed by atoms with Crippen LogP contribution in [0.1, 0.15) is 0 Å². The lowest BCUT2D eigenvalue weighted by Crippen LogP contribution is -1.94. The van der Waals surface area contributed by atoms with Gasteiger partial charge in [-0.1, -0.05) is 400 Å².